The van der Waals surface area contributed by atoms with Crippen molar-refractivity contribution in [3.8, 4) is 22.8 Å². The molecule has 1 fully saturated rings. The largest absolute Gasteiger partial charge is 1.00 e. The summed E-state index contributed by atoms with van der Waals surface area (Å²) in [4.78, 5) is 47.7. The van der Waals surface area contributed by atoms with Gasteiger partial charge in [-0.2, -0.15) is 0 Å². The van der Waals surface area contributed by atoms with Crippen molar-refractivity contribution in [3.63, 3.8) is 0 Å². The molecule has 2 amide bonds. The third kappa shape index (κ3) is 5.99. The molecule has 208 valence electrons. The molecule has 1 saturated heterocycles. The van der Waals surface area contributed by atoms with Gasteiger partial charge in [0.25, 0.3) is 11.8 Å². The first-order valence-corrected chi connectivity index (χ1v) is 13.7. The summed E-state index contributed by atoms with van der Waals surface area (Å²) in [7, 11) is 0. The number of nitrogen functional groups attached to an aromatic ring is 1. The van der Waals surface area contributed by atoms with E-state index in [-0.39, 0.29) is 85.5 Å². The molecule has 2 aromatic heterocycles. The molecule has 0 bridgehead atoms. The predicted molar refractivity (Wildman–Crippen MR) is 142 cm³/mol. The van der Waals surface area contributed by atoms with Gasteiger partial charge < -0.3 is 35.7 Å². The van der Waals surface area contributed by atoms with Gasteiger partial charge in [-0.15, -0.1) is 23.1 Å². The second-order valence-electron chi connectivity index (χ2n) is 8.14. The Morgan fingerprint density at radius 3 is 2.80 bits per heavy atom. The summed E-state index contributed by atoms with van der Waals surface area (Å²) in [6, 6.07) is 1.63. The number of phenolic OH excluding ortho intramolecular Hbond substituents is 1. The van der Waals surface area contributed by atoms with E-state index in [9.17, 15) is 29.7 Å². The first-order chi connectivity index (χ1) is 19.1. The van der Waals surface area contributed by atoms with E-state index in [1.54, 1.807) is 0 Å². The van der Waals surface area contributed by atoms with Crippen LogP contribution in [0, 0.1) is 0 Å². The SMILES string of the molecule is Nc1nc(/C(=N\OCc2cc(-c3cc(Cl)c([O-])c(O)c3Cl)no2)C(=O)N[C@@H]2C(=O)N3C(C(=O)O)=CCS[C@H]23)cs1.[Na+]. The maximum Gasteiger partial charge on any atom is 1.00 e. The van der Waals surface area contributed by atoms with Crippen molar-refractivity contribution in [1.29, 1.82) is 0 Å². The normalized spacial score (nSPS) is 18.1. The summed E-state index contributed by atoms with van der Waals surface area (Å²) >= 11 is 14.2. The molecule has 5 N–H and O–H groups in total. The van der Waals surface area contributed by atoms with Crippen LogP contribution in [0.15, 0.2) is 39.0 Å². The number of anilines is 1. The zero-order valence-electron chi connectivity index (χ0n) is 20.7. The van der Waals surface area contributed by atoms with Gasteiger partial charge in [-0.1, -0.05) is 33.5 Å². The van der Waals surface area contributed by atoms with Gasteiger partial charge >= 0.3 is 35.5 Å². The number of fused-ring (bicyclic) bond motifs is 1. The Bertz CT molecular complexity index is 1610. The summed E-state index contributed by atoms with van der Waals surface area (Å²) in [5.41, 5.74) is 5.63. The van der Waals surface area contributed by atoms with Crippen LogP contribution in [-0.2, 0) is 25.8 Å². The number of amides is 2. The number of carbonyl (C=O) groups is 3. The fourth-order valence-corrected chi connectivity index (χ4v) is 5.98. The molecule has 1 aromatic carbocycles. The fourth-order valence-electron chi connectivity index (χ4n) is 3.80. The Kier molecular flexibility index (Phi) is 9.42. The zero-order chi connectivity index (χ0) is 28.7. The molecule has 0 saturated carbocycles. The van der Waals surface area contributed by atoms with Crippen molar-refractivity contribution in [1.82, 2.24) is 20.4 Å². The average Bonchev–Trinajstić information content (AvgIpc) is 3.58. The number of hydrogen-bond acceptors (Lipinski definition) is 13. The quantitative estimate of drug-likeness (QED) is 0.0976. The van der Waals surface area contributed by atoms with E-state index in [1.807, 2.05) is 0 Å². The van der Waals surface area contributed by atoms with Crippen LogP contribution >= 0.6 is 46.3 Å². The number of aromatic hydroxyl groups is 1. The van der Waals surface area contributed by atoms with Gasteiger partial charge in [0.2, 0.25) is 0 Å². The molecule has 3 aromatic rings. The molecule has 0 spiro atoms. The number of aliphatic carboxylic acids is 1. The molecule has 19 heteroatoms. The summed E-state index contributed by atoms with van der Waals surface area (Å²) in [5, 5.41) is 41.7. The molecule has 41 heavy (non-hydrogen) atoms. The summed E-state index contributed by atoms with van der Waals surface area (Å²) in [6.07, 6.45) is 1.43. The number of halogens is 2. The number of hydrogen-bond donors (Lipinski definition) is 4. The number of carboxylic acids is 1. The third-order valence-corrected chi connectivity index (χ3v) is 8.20. The molecule has 2 aliphatic heterocycles. The van der Waals surface area contributed by atoms with E-state index in [2.05, 4.69) is 20.6 Å². The van der Waals surface area contributed by atoms with Gasteiger partial charge in [0, 0.05) is 27.8 Å². The number of rotatable bonds is 8. The topological polar surface area (TPSA) is 217 Å². The van der Waals surface area contributed by atoms with Gasteiger partial charge in [-0.3, -0.25) is 14.5 Å². The van der Waals surface area contributed by atoms with Crippen LogP contribution in [0.1, 0.15) is 11.5 Å². The molecule has 4 heterocycles. The number of nitrogens with zero attached hydrogens (tertiary/aromatic N) is 4. The van der Waals surface area contributed by atoms with E-state index in [1.165, 1.54) is 35.4 Å². The number of thiazole rings is 1. The third-order valence-electron chi connectivity index (χ3n) is 5.68. The summed E-state index contributed by atoms with van der Waals surface area (Å²) < 4.78 is 5.18. The van der Waals surface area contributed by atoms with Crippen LogP contribution in [0.3, 0.4) is 0 Å². The van der Waals surface area contributed by atoms with Gasteiger partial charge in [-0.25, -0.2) is 9.78 Å². The molecule has 0 radical (unpaired) electrons. The number of carboxylic acid groups (broad SMARTS) is 1. The van der Waals surface area contributed by atoms with E-state index in [0.717, 1.165) is 16.2 Å². The number of carbonyl (C=O) groups excluding carboxylic acids is 2. The number of phenols is 1. The molecule has 0 unspecified atom stereocenters. The Balaban J connectivity index is 0.00000387. The van der Waals surface area contributed by atoms with Gasteiger partial charge in [-0.05, 0) is 17.9 Å². The van der Waals surface area contributed by atoms with Crippen molar-refractivity contribution < 1.29 is 68.6 Å². The molecular weight excluding hydrogens is 634 g/mol. The van der Waals surface area contributed by atoms with Crippen LogP contribution in [-0.4, -0.2) is 65.9 Å². The Hall–Kier alpha value is -2.99. The first-order valence-electron chi connectivity index (χ1n) is 11.0. The second kappa shape index (κ2) is 12.5. The van der Waals surface area contributed by atoms with Gasteiger partial charge in [0.05, 0.1) is 5.02 Å². The van der Waals surface area contributed by atoms with Crippen molar-refractivity contribution >= 4 is 74.9 Å². The predicted octanol–water partition coefficient (Wildman–Crippen LogP) is -1.24. The van der Waals surface area contributed by atoms with Crippen LogP contribution in [0.5, 0.6) is 11.5 Å². The van der Waals surface area contributed by atoms with E-state index in [4.69, 9.17) is 38.3 Å². The number of aromatic nitrogens is 2. The number of thioether (sulfide) groups is 1. The first kappa shape index (κ1) is 31.0. The smallest absolute Gasteiger partial charge is 0.869 e. The average molecular weight is 649 g/mol. The van der Waals surface area contributed by atoms with Crippen molar-refractivity contribution in [3.05, 3.63) is 50.8 Å². The number of oxime groups is 1. The number of nitrogens with one attached hydrogen (secondary N) is 1. The van der Waals surface area contributed by atoms with E-state index in [0.29, 0.717) is 5.75 Å². The van der Waals surface area contributed by atoms with E-state index < -0.39 is 40.7 Å². The molecule has 2 aliphatic rings. The van der Waals surface area contributed by atoms with Crippen LogP contribution in [0.2, 0.25) is 10.0 Å². The number of nitrogens with two attached hydrogens (primary N) is 1. The summed E-state index contributed by atoms with van der Waals surface area (Å²) in [5.74, 6) is -3.70. The maximum absolute atomic E-state index is 13.1. The van der Waals surface area contributed by atoms with Crippen molar-refractivity contribution in [2.45, 2.75) is 18.0 Å². The minimum atomic E-state index is -1.24. The molecule has 0 aliphatic carbocycles. The van der Waals surface area contributed by atoms with Crippen LogP contribution in [0.25, 0.3) is 11.3 Å². The van der Waals surface area contributed by atoms with Gasteiger partial charge in [0.15, 0.2) is 23.2 Å². The minimum absolute atomic E-state index is 0. The molecule has 5 rings (SSSR count). The van der Waals surface area contributed by atoms with Crippen LogP contribution in [0.4, 0.5) is 5.13 Å². The Morgan fingerprint density at radius 2 is 2.12 bits per heavy atom. The number of benzene rings is 1. The van der Waals surface area contributed by atoms with Gasteiger partial charge in [0.1, 0.15) is 34.3 Å². The Labute approximate surface area is 270 Å². The molecule has 14 nitrogen and oxygen atoms in total. The van der Waals surface area contributed by atoms with Crippen molar-refractivity contribution in [2.24, 2.45) is 5.16 Å². The Morgan fingerprint density at radius 1 is 1.37 bits per heavy atom. The minimum Gasteiger partial charge on any atom is -0.869 e. The molecule has 2 atom stereocenters. The maximum atomic E-state index is 13.1. The second-order valence-corrected chi connectivity index (χ2v) is 11.0. The standard InChI is InChI=1S/C22H16Cl2N6O8S2.Na/c23-9-4-8(13(24)17(32)16(9)31)10-3-7(38-28-10)5-37-29-14(11-6-40-22(25)26-11)18(33)27-15-19(34)30-12(21(35)36)1-2-39-20(15)30;/h1,3-4,6,15,20,31-32H,2,5H2,(H2,25,26)(H,27,33)(H,35,36);/q;+1/p-1/b29-14+;/t15-,20-;/m1./s1. The zero-order valence-corrected chi connectivity index (χ0v) is 25.8. The fraction of sp³-hybridized carbons (Fsp3) is 0.182. The monoisotopic (exact) mass is 648 g/mol. The van der Waals surface area contributed by atoms with Crippen molar-refractivity contribution in [2.75, 3.05) is 11.5 Å². The molecular formula is C22H15Cl2N6NaO8S2. The van der Waals surface area contributed by atoms with Crippen LogP contribution < -0.4 is 45.7 Å². The van der Waals surface area contributed by atoms with E-state index >= 15 is 0 Å². The summed E-state index contributed by atoms with van der Waals surface area (Å²) in [6.45, 7) is -0.318. The number of β-lactam (4-membered cyclic amide) rings is 1.